The van der Waals surface area contributed by atoms with Gasteiger partial charge in [0.15, 0.2) is 0 Å². The van der Waals surface area contributed by atoms with Crippen LogP contribution >= 0.6 is 0 Å². The van der Waals surface area contributed by atoms with Crippen molar-refractivity contribution in [1.29, 1.82) is 0 Å². The van der Waals surface area contributed by atoms with E-state index in [1.165, 1.54) is 19.1 Å². The Labute approximate surface area is 122 Å². The first-order valence-electron chi connectivity index (χ1n) is 6.76. The Morgan fingerprint density at radius 1 is 1.29 bits per heavy atom. The third-order valence-electron chi connectivity index (χ3n) is 3.41. The Bertz CT molecular complexity index is 580. The molecule has 7 heteroatoms. The van der Waals surface area contributed by atoms with Crippen molar-refractivity contribution in [2.45, 2.75) is 19.8 Å². The van der Waals surface area contributed by atoms with Crippen LogP contribution in [0, 0.1) is 6.92 Å². The van der Waals surface area contributed by atoms with Gasteiger partial charge in [0.25, 0.3) is 5.91 Å². The Balaban J connectivity index is 1.95. The van der Waals surface area contributed by atoms with Crippen LogP contribution in [-0.4, -0.2) is 52.4 Å². The molecule has 0 radical (unpaired) electrons. The fourth-order valence-electron chi connectivity index (χ4n) is 2.24. The van der Waals surface area contributed by atoms with Crippen LogP contribution in [0.15, 0.2) is 12.1 Å². The second-order valence-corrected chi connectivity index (χ2v) is 4.91. The predicted octanol–water partition coefficient (Wildman–Crippen LogP) is 0.440. The maximum Gasteiger partial charge on any atom is 0.337 e. The monoisotopic (exact) mass is 291 g/mol. The molecule has 1 aromatic heterocycles. The molecule has 0 atom stereocenters. The number of pyridine rings is 1. The molecule has 1 aromatic rings. The number of carboxylic acid groups (broad SMARTS) is 1. The van der Waals surface area contributed by atoms with Crippen LogP contribution in [0.5, 0.6) is 0 Å². The van der Waals surface area contributed by atoms with Crippen LogP contribution in [0.2, 0.25) is 0 Å². The summed E-state index contributed by atoms with van der Waals surface area (Å²) in [7, 11) is 0. The molecule has 112 valence electrons. The summed E-state index contributed by atoms with van der Waals surface area (Å²) in [6, 6.07) is 2.67. The first kappa shape index (κ1) is 15.0. The fraction of sp³-hybridized carbons (Fsp3) is 0.429. The minimum absolute atomic E-state index is 0.0553. The molecule has 1 aliphatic heterocycles. The van der Waals surface area contributed by atoms with E-state index < -0.39 is 11.9 Å². The first-order chi connectivity index (χ1) is 9.99. The first-order valence-corrected chi connectivity index (χ1v) is 6.76. The number of carbonyl (C=O) groups is 3. The molecule has 2 rings (SSSR count). The summed E-state index contributed by atoms with van der Waals surface area (Å²) in [5, 5.41) is 11.4. The molecule has 7 nitrogen and oxygen atoms in total. The van der Waals surface area contributed by atoms with E-state index in [1.54, 1.807) is 4.90 Å². The lowest BCUT2D eigenvalue weighted by Gasteiger charge is -2.15. The van der Waals surface area contributed by atoms with Gasteiger partial charge < -0.3 is 15.3 Å². The summed E-state index contributed by atoms with van der Waals surface area (Å²) in [5.41, 5.74) is 0.424. The van der Waals surface area contributed by atoms with Crippen LogP contribution in [0.25, 0.3) is 0 Å². The lowest BCUT2D eigenvalue weighted by Crippen LogP contribution is -2.38. The van der Waals surface area contributed by atoms with Gasteiger partial charge in [-0.1, -0.05) is 0 Å². The lowest BCUT2D eigenvalue weighted by atomic mass is 10.2. The zero-order valence-electron chi connectivity index (χ0n) is 11.8. The second kappa shape index (κ2) is 6.34. The van der Waals surface area contributed by atoms with Crippen LogP contribution in [0.1, 0.15) is 39.4 Å². The van der Waals surface area contributed by atoms with Crippen LogP contribution in [0.4, 0.5) is 0 Å². The van der Waals surface area contributed by atoms with Gasteiger partial charge in [-0.25, -0.2) is 9.78 Å². The Morgan fingerprint density at radius 3 is 2.52 bits per heavy atom. The summed E-state index contributed by atoms with van der Waals surface area (Å²) in [4.78, 5) is 40.3. The largest absolute Gasteiger partial charge is 0.478 e. The highest BCUT2D eigenvalue weighted by Crippen LogP contribution is 2.08. The van der Waals surface area contributed by atoms with Gasteiger partial charge in [0.1, 0.15) is 5.69 Å². The number of aryl methyl sites for hydroxylation is 1. The van der Waals surface area contributed by atoms with Crippen molar-refractivity contribution in [2.24, 2.45) is 0 Å². The van der Waals surface area contributed by atoms with Gasteiger partial charge in [-0.3, -0.25) is 9.59 Å². The molecule has 0 bridgehead atoms. The van der Waals surface area contributed by atoms with Crippen molar-refractivity contribution in [3.8, 4) is 0 Å². The highest BCUT2D eigenvalue weighted by atomic mass is 16.4. The molecule has 1 aliphatic rings. The molecule has 2 amide bonds. The SMILES string of the molecule is Cc1nc(C(=O)NCC(=O)N2CCCC2)ccc1C(=O)O. The molecular formula is C14H17N3O4. The molecule has 0 saturated carbocycles. The standard InChI is InChI=1S/C14H17N3O4/c1-9-10(14(20)21)4-5-11(16-9)13(19)15-8-12(18)17-6-2-3-7-17/h4-5H,2-3,6-8H2,1H3,(H,15,19)(H,20,21). The lowest BCUT2D eigenvalue weighted by molar-refractivity contribution is -0.129. The van der Waals surface area contributed by atoms with E-state index in [9.17, 15) is 14.4 Å². The number of nitrogens with zero attached hydrogens (tertiary/aromatic N) is 2. The highest BCUT2D eigenvalue weighted by molar-refractivity contribution is 5.96. The summed E-state index contributed by atoms with van der Waals surface area (Å²) in [6.07, 6.45) is 1.99. The van der Waals surface area contributed by atoms with Gasteiger partial charge in [0, 0.05) is 13.1 Å². The topological polar surface area (TPSA) is 99.6 Å². The molecular weight excluding hydrogens is 274 g/mol. The summed E-state index contributed by atoms with van der Waals surface area (Å²) in [5.74, 6) is -1.68. The normalized spacial score (nSPS) is 14.0. The number of hydrogen-bond acceptors (Lipinski definition) is 4. The summed E-state index contributed by atoms with van der Waals surface area (Å²) in [6.45, 7) is 2.93. The van der Waals surface area contributed by atoms with E-state index in [2.05, 4.69) is 10.3 Å². The zero-order chi connectivity index (χ0) is 15.4. The average molecular weight is 291 g/mol. The molecule has 1 saturated heterocycles. The van der Waals surface area contributed by atoms with E-state index in [4.69, 9.17) is 5.11 Å². The number of aromatic carboxylic acids is 1. The predicted molar refractivity (Wildman–Crippen MR) is 74.1 cm³/mol. The Hall–Kier alpha value is -2.44. The minimum atomic E-state index is -1.09. The van der Waals surface area contributed by atoms with Crippen LogP contribution < -0.4 is 5.32 Å². The average Bonchev–Trinajstić information content (AvgIpc) is 2.98. The van der Waals surface area contributed by atoms with Crippen molar-refractivity contribution in [3.63, 3.8) is 0 Å². The maximum atomic E-state index is 11.9. The molecule has 0 aromatic carbocycles. The maximum absolute atomic E-state index is 11.9. The van der Waals surface area contributed by atoms with Gasteiger partial charge in [0.05, 0.1) is 17.8 Å². The van der Waals surface area contributed by atoms with Gasteiger partial charge >= 0.3 is 5.97 Å². The highest BCUT2D eigenvalue weighted by Gasteiger charge is 2.19. The molecule has 1 fully saturated rings. The number of hydrogen-bond donors (Lipinski definition) is 2. The number of carbonyl (C=O) groups excluding carboxylic acids is 2. The minimum Gasteiger partial charge on any atom is -0.478 e. The Kier molecular flexibility index (Phi) is 4.52. The van der Waals surface area contributed by atoms with E-state index in [0.29, 0.717) is 0 Å². The number of carboxylic acids is 1. The molecule has 2 N–H and O–H groups in total. The molecule has 0 spiro atoms. The quantitative estimate of drug-likeness (QED) is 0.838. The van der Waals surface area contributed by atoms with Crippen molar-refractivity contribution < 1.29 is 19.5 Å². The zero-order valence-corrected chi connectivity index (χ0v) is 11.8. The number of nitrogens with one attached hydrogen (secondary N) is 1. The van der Waals surface area contributed by atoms with E-state index in [0.717, 1.165) is 25.9 Å². The Morgan fingerprint density at radius 2 is 1.95 bits per heavy atom. The van der Waals surface area contributed by atoms with Crippen molar-refractivity contribution in [3.05, 3.63) is 29.1 Å². The van der Waals surface area contributed by atoms with Crippen molar-refractivity contribution in [2.75, 3.05) is 19.6 Å². The van der Waals surface area contributed by atoms with Crippen molar-refractivity contribution in [1.82, 2.24) is 15.2 Å². The second-order valence-electron chi connectivity index (χ2n) is 4.91. The van der Waals surface area contributed by atoms with Gasteiger partial charge in [0.2, 0.25) is 5.91 Å². The fourth-order valence-corrected chi connectivity index (χ4v) is 2.24. The number of aromatic nitrogens is 1. The van der Waals surface area contributed by atoms with Crippen LogP contribution in [-0.2, 0) is 4.79 Å². The summed E-state index contributed by atoms with van der Waals surface area (Å²) < 4.78 is 0. The van der Waals surface area contributed by atoms with Gasteiger partial charge in [-0.15, -0.1) is 0 Å². The third-order valence-corrected chi connectivity index (χ3v) is 3.41. The molecule has 2 heterocycles. The number of likely N-dealkylation sites (tertiary alicyclic amines) is 1. The van der Waals surface area contributed by atoms with Gasteiger partial charge in [-0.2, -0.15) is 0 Å². The van der Waals surface area contributed by atoms with Gasteiger partial charge in [-0.05, 0) is 31.9 Å². The summed E-state index contributed by atoms with van der Waals surface area (Å²) >= 11 is 0. The van der Waals surface area contributed by atoms with E-state index >= 15 is 0 Å². The smallest absolute Gasteiger partial charge is 0.337 e. The third kappa shape index (κ3) is 3.56. The van der Waals surface area contributed by atoms with E-state index in [-0.39, 0.29) is 29.4 Å². The van der Waals surface area contributed by atoms with Crippen LogP contribution in [0.3, 0.4) is 0 Å². The van der Waals surface area contributed by atoms with Crippen molar-refractivity contribution >= 4 is 17.8 Å². The molecule has 0 aliphatic carbocycles. The molecule has 21 heavy (non-hydrogen) atoms. The number of amides is 2. The van der Waals surface area contributed by atoms with E-state index in [1.807, 2.05) is 0 Å². The molecule has 0 unspecified atom stereocenters. The number of rotatable bonds is 4.